The van der Waals surface area contributed by atoms with Crippen molar-refractivity contribution in [2.45, 2.75) is 38.9 Å². The first-order valence-corrected chi connectivity index (χ1v) is 8.70. The molecule has 132 valence electrons. The minimum Gasteiger partial charge on any atom is -0.325 e. The van der Waals surface area contributed by atoms with Gasteiger partial charge in [0.25, 0.3) is 5.91 Å². The average molecular weight is 381 g/mol. The molecule has 1 atom stereocenters. The summed E-state index contributed by atoms with van der Waals surface area (Å²) in [6.07, 6.45) is 2.17. The summed E-state index contributed by atoms with van der Waals surface area (Å²) in [5, 5.41) is 8.08. The summed E-state index contributed by atoms with van der Waals surface area (Å²) >= 11 is 12.0. The number of carbonyl (C=O) groups excluding carboxylic acids is 2. The Hall–Kier alpha value is -2.05. The van der Waals surface area contributed by atoms with Gasteiger partial charge in [-0.05, 0) is 43.7 Å². The molecule has 0 spiro atoms. The molecule has 25 heavy (non-hydrogen) atoms. The van der Waals surface area contributed by atoms with E-state index < -0.39 is 12.1 Å². The lowest BCUT2D eigenvalue weighted by Crippen LogP contribution is -2.32. The van der Waals surface area contributed by atoms with Crippen LogP contribution >= 0.6 is 23.2 Å². The summed E-state index contributed by atoms with van der Waals surface area (Å²) in [6.45, 7) is 4.17. The Balaban J connectivity index is 1.71. The van der Waals surface area contributed by atoms with Crippen LogP contribution in [0.2, 0.25) is 10.0 Å². The number of aromatic nitrogens is 2. The van der Waals surface area contributed by atoms with Gasteiger partial charge in [-0.25, -0.2) is 4.79 Å². The van der Waals surface area contributed by atoms with Crippen molar-refractivity contribution in [2.75, 3.05) is 0 Å². The van der Waals surface area contributed by atoms with Gasteiger partial charge in [0.2, 0.25) is 0 Å². The van der Waals surface area contributed by atoms with Gasteiger partial charge in [0.15, 0.2) is 0 Å². The van der Waals surface area contributed by atoms with E-state index in [1.165, 1.54) is 4.90 Å². The van der Waals surface area contributed by atoms with Gasteiger partial charge >= 0.3 is 6.03 Å². The lowest BCUT2D eigenvalue weighted by molar-refractivity contribution is -0.127. The molecule has 1 aromatic carbocycles. The third-order valence-electron chi connectivity index (χ3n) is 3.98. The molecule has 1 saturated heterocycles. The predicted molar refractivity (Wildman–Crippen MR) is 95.6 cm³/mol. The van der Waals surface area contributed by atoms with E-state index in [-0.39, 0.29) is 18.5 Å². The summed E-state index contributed by atoms with van der Waals surface area (Å²) in [4.78, 5) is 25.9. The fourth-order valence-electron chi connectivity index (χ4n) is 2.74. The quantitative estimate of drug-likeness (QED) is 0.807. The molecule has 1 fully saturated rings. The number of nitrogens with one attached hydrogen (secondary N) is 1. The Morgan fingerprint density at radius 1 is 1.20 bits per heavy atom. The molecule has 3 rings (SSSR count). The fraction of sp³-hybridized carbons (Fsp3) is 0.353. The second-order valence-corrected chi connectivity index (χ2v) is 7.16. The number of rotatable bonds is 5. The molecule has 2 aromatic rings. The van der Waals surface area contributed by atoms with Crippen molar-refractivity contribution in [2.24, 2.45) is 0 Å². The van der Waals surface area contributed by atoms with Gasteiger partial charge in [-0.3, -0.25) is 14.4 Å². The van der Waals surface area contributed by atoms with Crippen LogP contribution in [0.1, 0.15) is 31.1 Å². The fourth-order valence-corrected chi connectivity index (χ4v) is 3.31. The van der Waals surface area contributed by atoms with E-state index in [2.05, 4.69) is 10.4 Å². The van der Waals surface area contributed by atoms with E-state index in [1.807, 2.05) is 26.1 Å². The topological polar surface area (TPSA) is 67.2 Å². The van der Waals surface area contributed by atoms with Gasteiger partial charge in [0.1, 0.15) is 6.04 Å². The smallest absolute Gasteiger partial charge is 0.325 e. The van der Waals surface area contributed by atoms with E-state index in [0.717, 1.165) is 5.56 Å². The number of carbonyl (C=O) groups is 2. The summed E-state index contributed by atoms with van der Waals surface area (Å²) in [7, 11) is 0. The minimum atomic E-state index is -0.630. The predicted octanol–water partition coefficient (Wildman–Crippen LogP) is 3.43. The lowest BCUT2D eigenvalue weighted by atomic mass is 10.1. The van der Waals surface area contributed by atoms with Crippen molar-refractivity contribution in [3.05, 3.63) is 51.8 Å². The maximum absolute atomic E-state index is 12.6. The van der Waals surface area contributed by atoms with Gasteiger partial charge in [-0.2, -0.15) is 5.10 Å². The highest BCUT2D eigenvalue weighted by atomic mass is 35.5. The van der Waals surface area contributed by atoms with Crippen LogP contribution in [0.3, 0.4) is 0 Å². The summed E-state index contributed by atoms with van der Waals surface area (Å²) in [5.74, 6) is -0.278. The zero-order valence-corrected chi connectivity index (χ0v) is 15.4. The van der Waals surface area contributed by atoms with Crippen molar-refractivity contribution >= 4 is 35.1 Å². The van der Waals surface area contributed by atoms with Crippen molar-refractivity contribution < 1.29 is 9.59 Å². The Kier molecular flexibility index (Phi) is 5.01. The highest BCUT2D eigenvalue weighted by molar-refractivity contribution is 6.34. The SMILES string of the molecule is CC(C)n1ccc(CN2C(=O)NC(Cc3cc(Cl)cc(Cl)c3)C2=O)n1. The number of benzene rings is 1. The molecule has 0 aliphatic carbocycles. The zero-order chi connectivity index (χ0) is 18.1. The number of hydrogen-bond acceptors (Lipinski definition) is 3. The van der Waals surface area contributed by atoms with Crippen LogP contribution in [0.4, 0.5) is 4.79 Å². The molecule has 3 amide bonds. The van der Waals surface area contributed by atoms with Gasteiger partial charge in [0, 0.05) is 28.7 Å². The van der Waals surface area contributed by atoms with Crippen LogP contribution in [0.5, 0.6) is 0 Å². The first-order valence-electron chi connectivity index (χ1n) is 7.94. The number of nitrogens with zero attached hydrogens (tertiary/aromatic N) is 3. The van der Waals surface area contributed by atoms with E-state index in [4.69, 9.17) is 23.2 Å². The molecule has 1 aromatic heterocycles. The number of imide groups is 1. The Morgan fingerprint density at radius 2 is 1.88 bits per heavy atom. The third-order valence-corrected chi connectivity index (χ3v) is 4.42. The Morgan fingerprint density at radius 3 is 2.48 bits per heavy atom. The lowest BCUT2D eigenvalue weighted by Gasteiger charge is -2.12. The molecule has 1 N–H and O–H groups in total. The maximum Gasteiger partial charge on any atom is 0.325 e. The monoisotopic (exact) mass is 380 g/mol. The number of amides is 3. The number of hydrogen-bond donors (Lipinski definition) is 1. The highest BCUT2D eigenvalue weighted by Gasteiger charge is 2.38. The van der Waals surface area contributed by atoms with Crippen LogP contribution in [0.25, 0.3) is 0 Å². The molecule has 1 unspecified atom stereocenters. The molecule has 1 aliphatic heterocycles. The van der Waals surface area contributed by atoms with Crippen molar-refractivity contribution in [1.82, 2.24) is 20.0 Å². The zero-order valence-electron chi connectivity index (χ0n) is 13.9. The van der Waals surface area contributed by atoms with Gasteiger partial charge in [-0.1, -0.05) is 23.2 Å². The molecule has 8 heteroatoms. The van der Waals surface area contributed by atoms with Crippen molar-refractivity contribution in [1.29, 1.82) is 0 Å². The molecule has 1 aliphatic rings. The summed E-state index contributed by atoms with van der Waals surface area (Å²) in [5.41, 5.74) is 1.46. The van der Waals surface area contributed by atoms with Crippen LogP contribution in [-0.2, 0) is 17.8 Å². The summed E-state index contributed by atoms with van der Waals surface area (Å²) < 4.78 is 1.79. The van der Waals surface area contributed by atoms with Crippen LogP contribution in [0.15, 0.2) is 30.5 Å². The molecule has 0 radical (unpaired) electrons. The Bertz CT molecular complexity index is 798. The Labute approximate surface area is 155 Å². The first-order chi connectivity index (χ1) is 11.8. The molecular weight excluding hydrogens is 363 g/mol. The molecular formula is C17H18Cl2N4O2. The summed E-state index contributed by atoms with van der Waals surface area (Å²) in [6, 6.07) is 6.08. The average Bonchev–Trinajstić information content (AvgIpc) is 3.07. The standard InChI is InChI=1S/C17H18Cl2N4O2/c1-10(2)23-4-3-14(21-23)9-22-16(24)15(20-17(22)25)7-11-5-12(18)8-13(19)6-11/h3-6,8,10,15H,7,9H2,1-2H3,(H,20,25). The minimum absolute atomic E-state index is 0.150. The third kappa shape index (κ3) is 3.96. The normalized spacial score (nSPS) is 17.5. The second kappa shape index (κ2) is 7.06. The van der Waals surface area contributed by atoms with Gasteiger partial charge < -0.3 is 5.32 Å². The van der Waals surface area contributed by atoms with Gasteiger partial charge in [0.05, 0.1) is 12.2 Å². The molecule has 0 saturated carbocycles. The van der Waals surface area contributed by atoms with E-state index in [0.29, 0.717) is 22.2 Å². The van der Waals surface area contributed by atoms with E-state index in [1.54, 1.807) is 22.9 Å². The maximum atomic E-state index is 12.6. The van der Waals surface area contributed by atoms with Crippen molar-refractivity contribution in [3.63, 3.8) is 0 Å². The second-order valence-electron chi connectivity index (χ2n) is 6.29. The number of halogens is 2. The number of urea groups is 1. The molecule has 6 nitrogen and oxygen atoms in total. The van der Waals surface area contributed by atoms with Crippen LogP contribution in [-0.4, -0.2) is 32.7 Å². The van der Waals surface area contributed by atoms with Gasteiger partial charge in [-0.15, -0.1) is 0 Å². The van der Waals surface area contributed by atoms with Crippen LogP contribution < -0.4 is 5.32 Å². The molecule has 2 heterocycles. The first kappa shape index (κ1) is 17.8. The molecule has 0 bridgehead atoms. The van der Waals surface area contributed by atoms with E-state index in [9.17, 15) is 9.59 Å². The van der Waals surface area contributed by atoms with Crippen LogP contribution in [0, 0.1) is 0 Å². The van der Waals surface area contributed by atoms with E-state index >= 15 is 0 Å². The van der Waals surface area contributed by atoms with Crippen molar-refractivity contribution in [3.8, 4) is 0 Å². The highest BCUT2D eigenvalue weighted by Crippen LogP contribution is 2.22. The largest absolute Gasteiger partial charge is 0.325 e.